The van der Waals surface area contributed by atoms with Crippen molar-refractivity contribution in [1.29, 1.82) is 0 Å². The highest BCUT2D eigenvalue weighted by Crippen LogP contribution is 1.94. The monoisotopic (exact) mass is 271 g/mol. The molecule has 0 aromatic rings. The lowest BCUT2D eigenvalue weighted by Gasteiger charge is -2.29. The first-order valence-corrected chi connectivity index (χ1v) is 6.75. The van der Waals surface area contributed by atoms with Crippen LogP contribution in [0, 0.1) is 0 Å². The van der Waals surface area contributed by atoms with Gasteiger partial charge in [-0.1, -0.05) is 0 Å². The van der Waals surface area contributed by atoms with Crippen molar-refractivity contribution in [3.63, 3.8) is 0 Å². The smallest absolute Gasteiger partial charge is 0.321 e. The lowest BCUT2D eigenvalue weighted by Crippen LogP contribution is -2.46. The van der Waals surface area contributed by atoms with Crippen LogP contribution >= 0.6 is 0 Å². The van der Waals surface area contributed by atoms with E-state index in [0.717, 1.165) is 39.3 Å². The SMILES string of the molecule is CNC(=O)NC(=O)CCN(C)CCN1CCNCC1. The third-order valence-corrected chi connectivity index (χ3v) is 3.21. The van der Waals surface area contributed by atoms with Crippen molar-refractivity contribution in [3.05, 3.63) is 0 Å². The van der Waals surface area contributed by atoms with Gasteiger partial charge < -0.3 is 15.5 Å². The average molecular weight is 271 g/mol. The Labute approximate surface area is 114 Å². The first-order valence-electron chi connectivity index (χ1n) is 6.75. The molecule has 0 aromatic carbocycles. The molecule has 7 nitrogen and oxygen atoms in total. The first kappa shape index (κ1) is 15.9. The van der Waals surface area contributed by atoms with E-state index in [1.54, 1.807) is 0 Å². The summed E-state index contributed by atoms with van der Waals surface area (Å²) in [6, 6.07) is -0.450. The molecule has 110 valence electrons. The van der Waals surface area contributed by atoms with E-state index >= 15 is 0 Å². The molecule has 1 heterocycles. The maximum absolute atomic E-state index is 11.4. The molecule has 1 rings (SSSR count). The molecule has 3 N–H and O–H groups in total. The Hall–Kier alpha value is -1.18. The maximum Gasteiger partial charge on any atom is 0.321 e. The number of carbonyl (C=O) groups excluding carboxylic acids is 2. The van der Waals surface area contributed by atoms with Gasteiger partial charge in [0, 0.05) is 59.3 Å². The number of amides is 3. The van der Waals surface area contributed by atoms with Gasteiger partial charge >= 0.3 is 6.03 Å². The zero-order valence-corrected chi connectivity index (χ0v) is 11.9. The Morgan fingerprint density at radius 3 is 2.58 bits per heavy atom. The van der Waals surface area contributed by atoms with Gasteiger partial charge in [0.15, 0.2) is 0 Å². The van der Waals surface area contributed by atoms with E-state index in [9.17, 15) is 9.59 Å². The predicted molar refractivity (Wildman–Crippen MR) is 74.0 cm³/mol. The highest BCUT2D eigenvalue weighted by molar-refractivity contribution is 5.94. The minimum absolute atomic E-state index is 0.242. The molecule has 0 aliphatic carbocycles. The molecule has 0 radical (unpaired) electrons. The van der Waals surface area contributed by atoms with Crippen LogP contribution in [0.1, 0.15) is 6.42 Å². The molecule has 3 amide bonds. The summed E-state index contributed by atoms with van der Waals surface area (Å²) in [5, 5.41) is 7.93. The molecule has 19 heavy (non-hydrogen) atoms. The highest BCUT2D eigenvalue weighted by Gasteiger charge is 2.11. The molecule has 0 atom stereocenters. The van der Waals surface area contributed by atoms with Crippen molar-refractivity contribution < 1.29 is 9.59 Å². The van der Waals surface area contributed by atoms with Crippen molar-refractivity contribution >= 4 is 11.9 Å². The van der Waals surface area contributed by atoms with Gasteiger partial charge in [0.1, 0.15) is 0 Å². The summed E-state index contributed by atoms with van der Waals surface area (Å²) in [6.45, 7) is 6.91. The van der Waals surface area contributed by atoms with Crippen molar-refractivity contribution in [2.45, 2.75) is 6.42 Å². The lowest BCUT2D eigenvalue weighted by atomic mass is 10.3. The van der Waals surface area contributed by atoms with Crippen molar-refractivity contribution in [2.75, 3.05) is 59.9 Å². The standard InChI is InChI=1S/C12H25N5O2/c1-13-12(19)15-11(18)3-6-16(2)9-10-17-7-4-14-5-8-17/h14H,3-10H2,1-2H3,(H2,13,15,18,19). The summed E-state index contributed by atoms with van der Waals surface area (Å²) in [7, 11) is 3.48. The van der Waals surface area contributed by atoms with E-state index in [2.05, 4.69) is 25.8 Å². The Morgan fingerprint density at radius 1 is 1.26 bits per heavy atom. The van der Waals surface area contributed by atoms with E-state index in [0.29, 0.717) is 13.0 Å². The fourth-order valence-corrected chi connectivity index (χ4v) is 1.90. The van der Waals surface area contributed by atoms with E-state index in [1.807, 2.05) is 7.05 Å². The molecule has 1 aliphatic heterocycles. The number of nitrogens with one attached hydrogen (secondary N) is 3. The van der Waals surface area contributed by atoms with Gasteiger partial charge in [-0.2, -0.15) is 0 Å². The van der Waals surface area contributed by atoms with Gasteiger partial charge in [0.2, 0.25) is 5.91 Å². The number of carbonyl (C=O) groups is 2. The van der Waals surface area contributed by atoms with Gasteiger partial charge in [-0.05, 0) is 7.05 Å². The van der Waals surface area contributed by atoms with E-state index in [-0.39, 0.29) is 5.91 Å². The highest BCUT2D eigenvalue weighted by atomic mass is 16.2. The summed E-state index contributed by atoms with van der Waals surface area (Å²) in [6.07, 6.45) is 0.339. The number of likely N-dealkylation sites (N-methyl/N-ethyl adjacent to an activating group) is 1. The zero-order chi connectivity index (χ0) is 14.1. The molecule has 0 saturated carbocycles. The van der Waals surface area contributed by atoms with Gasteiger partial charge in [-0.15, -0.1) is 0 Å². The molecule has 1 aliphatic rings. The van der Waals surface area contributed by atoms with Crippen LogP contribution in [0.25, 0.3) is 0 Å². The Morgan fingerprint density at radius 2 is 1.95 bits per heavy atom. The third kappa shape index (κ3) is 7.09. The van der Waals surface area contributed by atoms with Crippen molar-refractivity contribution in [3.8, 4) is 0 Å². The van der Waals surface area contributed by atoms with Crippen LogP contribution in [-0.2, 0) is 4.79 Å². The summed E-state index contributed by atoms with van der Waals surface area (Å²) in [5.41, 5.74) is 0. The quantitative estimate of drug-likeness (QED) is 0.558. The summed E-state index contributed by atoms with van der Waals surface area (Å²) in [5.74, 6) is -0.242. The minimum atomic E-state index is -0.450. The normalized spacial score (nSPS) is 16.4. The second kappa shape index (κ2) is 8.84. The number of imide groups is 1. The zero-order valence-electron chi connectivity index (χ0n) is 11.9. The van der Waals surface area contributed by atoms with E-state index < -0.39 is 6.03 Å². The topological polar surface area (TPSA) is 76.7 Å². The Balaban J connectivity index is 2.08. The first-order chi connectivity index (χ1) is 9.11. The minimum Gasteiger partial charge on any atom is -0.341 e. The molecule has 0 spiro atoms. The van der Waals surface area contributed by atoms with Crippen molar-refractivity contribution in [2.24, 2.45) is 0 Å². The Bertz CT molecular complexity index is 292. The average Bonchev–Trinajstić information content (AvgIpc) is 2.43. The summed E-state index contributed by atoms with van der Waals surface area (Å²) in [4.78, 5) is 26.9. The number of hydrogen-bond acceptors (Lipinski definition) is 5. The van der Waals surface area contributed by atoms with Gasteiger partial charge in [-0.25, -0.2) is 4.79 Å². The van der Waals surface area contributed by atoms with Crippen LogP contribution < -0.4 is 16.0 Å². The van der Waals surface area contributed by atoms with Crippen LogP contribution in [-0.4, -0.2) is 81.6 Å². The number of hydrogen-bond donors (Lipinski definition) is 3. The van der Waals surface area contributed by atoms with Gasteiger partial charge in [0.25, 0.3) is 0 Å². The maximum atomic E-state index is 11.4. The fraction of sp³-hybridized carbons (Fsp3) is 0.833. The number of urea groups is 1. The molecular weight excluding hydrogens is 246 g/mol. The number of piperazine rings is 1. The summed E-state index contributed by atoms with van der Waals surface area (Å²) < 4.78 is 0. The fourth-order valence-electron chi connectivity index (χ4n) is 1.90. The van der Waals surface area contributed by atoms with Crippen LogP contribution in [0.5, 0.6) is 0 Å². The molecule has 1 saturated heterocycles. The predicted octanol–water partition coefficient (Wildman–Crippen LogP) is -1.33. The molecule has 1 fully saturated rings. The number of nitrogens with zero attached hydrogens (tertiary/aromatic N) is 2. The summed E-state index contributed by atoms with van der Waals surface area (Å²) >= 11 is 0. The molecule has 0 unspecified atom stereocenters. The Kier molecular flexibility index (Phi) is 7.39. The van der Waals surface area contributed by atoms with Crippen molar-refractivity contribution in [1.82, 2.24) is 25.8 Å². The molecule has 7 heteroatoms. The van der Waals surface area contributed by atoms with E-state index in [4.69, 9.17) is 0 Å². The van der Waals surface area contributed by atoms with Crippen LogP contribution in [0.4, 0.5) is 4.79 Å². The second-order valence-electron chi connectivity index (χ2n) is 4.77. The van der Waals surface area contributed by atoms with Gasteiger partial charge in [-0.3, -0.25) is 15.0 Å². The largest absolute Gasteiger partial charge is 0.341 e. The molecule has 0 aromatic heterocycles. The second-order valence-corrected chi connectivity index (χ2v) is 4.77. The lowest BCUT2D eigenvalue weighted by molar-refractivity contribution is -0.120. The van der Waals surface area contributed by atoms with Crippen LogP contribution in [0.15, 0.2) is 0 Å². The molecule has 0 bridgehead atoms. The van der Waals surface area contributed by atoms with Crippen LogP contribution in [0.2, 0.25) is 0 Å². The molecular formula is C12H25N5O2. The third-order valence-electron chi connectivity index (χ3n) is 3.21. The van der Waals surface area contributed by atoms with Crippen LogP contribution in [0.3, 0.4) is 0 Å². The van der Waals surface area contributed by atoms with Gasteiger partial charge in [0.05, 0.1) is 0 Å². The number of rotatable bonds is 6. The van der Waals surface area contributed by atoms with E-state index in [1.165, 1.54) is 7.05 Å².